The third-order valence-electron chi connectivity index (χ3n) is 2.40. The zero-order valence-corrected chi connectivity index (χ0v) is 11.0. The highest BCUT2D eigenvalue weighted by atomic mass is 32.2. The Bertz CT molecular complexity index is 447. The van der Waals surface area contributed by atoms with Gasteiger partial charge in [-0.3, -0.25) is 14.9 Å². The summed E-state index contributed by atoms with van der Waals surface area (Å²) >= 11 is 1.29. The number of hydrogen-bond acceptors (Lipinski definition) is 4. The van der Waals surface area contributed by atoms with Gasteiger partial charge in [0, 0.05) is 17.9 Å². The molecule has 1 aromatic rings. The van der Waals surface area contributed by atoms with Crippen LogP contribution in [0, 0.1) is 16.0 Å². The third-order valence-corrected chi connectivity index (χ3v) is 4.00. The molecule has 6 heteroatoms. The summed E-state index contributed by atoms with van der Waals surface area (Å²) in [5, 5.41) is 19.2. The minimum atomic E-state index is -0.847. The first-order valence-electron chi connectivity index (χ1n) is 5.49. The predicted molar refractivity (Wildman–Crippen MR) is 70.7 cm³/mol. The second kappa shape index (κ2) is 6.39. The van der Waals surface area contributed by atoms with Crippen LogP contribution >= 0.6 is 11.8 Å². The van der Waals surface area contributed by atoms with Gasteiger partial charge in [0.2, 0.25) is 0 Å². The maximum absolute atomic E-state index is 11.0. The molecule has 0 aliphatic carbocycles. The van der Waals surface area contributed by atoms with Crippen LogP contribution in [0.4, 0.5) is 5.69 Å². The summed E-state index contributed by atoms with van der Waals surface area (Å²) in [7, 11) is 0. The van der Waals surface area contributed by atoms with Crippen molar-refractivity contribution in [3.05, 3.63) is 39.9 Å². The summed E-state index contributed by atoms with van der Waals surface area (Å²) in [4.78, 5) is 21.2. The Morgan fingerprint density at radius 1 is 1.50 bits per heavy atom. The molecule has 0 radical (unpaired) electrons. The Kier molecular flexibility index (Phi) is 5.15. The van der Waals surface area contributed by atoms with Gasteiger partial charge >= 0.3 is 5.97 Å². The van der Waals surface area contributed by atoms with Gasteiger partial charge < -0.3 is 5.11 Å². The molecule has 5 nitrogen and oxygen atoms in total. The number of aliphatic carboxylic acids is 1. The number of carboxylic acid groups (broad SMARTS) is 1. The monoisotopic (exact) mass is 269 g/mol. The Morgan fingerprint density at radius 2 is 2.17 bits per heavy atom. The van der Waals surface area contributed by atoms with Crippen LogP contribution in [0.2, 0.25) is 0 Å². The highest BCUT2D eigenvalue weighted by Gasteiger charge is 2.21. The minimum Gasteiger partial charge on any atom is -0.480 e. The number of carbonyl (C=O) groups is 1. The van der Waals surface area contributed by atoms with Gasteiger partial charge in [0.15, 0.2) is 0 Å². The molecule has 0 aliphatic rings. The summed E-state index contributed by atoms with van der Waals surface area (Å²) in [5.41, 5.74) is 0.797. The van der Waals surface area contributed by atoms with Crippen molar-refractivity contribution in [1.82, 2.24) is 0 Å². The maximum atomic E-state index is 11.0. The van der Waals surface area contributed by atoms with Crippen molar-refractivity contribution in [2.24, 2.45) is 5.92 Å². The summed E-state index contributed by atoms with van der Waals surface area (Å²) in [6.45, 7) is 3.69. The molecule has 1 unspecified atom stereocenters. The molecule has 0 spiro atoms. The van der Waals surface area contributed by atoms with Crippen LogP contribution in [0.15, 0.2) is 24.3 Å². The van der Waals surface area contributed by atoms with Gasteiger partial charge in [-0.05, 0) is 11.5 Å². The fourth-order valence-corrected chi connectivity index (χ4v) is 2.57. The number of rotatable bonds is 6. The number of hydrogen-bond donors (Lipinski definition) is 1. The van der Waals surface area contributed by atoms with E-state index in [9.17, 15) is 14.9 Å². The zero-order chi connectivity index (χ0) is 13.7. The van der Waals surface area contributed by atoms with Crippen LogP contribution < -0.4 is 0 Å². The fraction of sp³-hybridized carbons (Fsp3) is 0.417. The molecule has 98 valence electrons. The van der Waals surface area contributed by atoms with E-state index in [0.29, 0.717) is 5.75 Å². The Hall–Kier alpha value is -1.56. The van der Waals surface area contributed by atoms with E-state index in [4.69, 9.17) is 5.11 Å². The molecule has 0 heterocycles. The van der Waals surface area contributed by atoms with Crippen molar-refractivity contribution in [2.75, 3.05) is 0 Å². The molecule has 0 bridgehead atoms. The van der Waals surface area contributed by atoms with E-state index in [1.807, 2.05) is 13.8 Å². The van der Waals surface area contributed by atoms with Crippen molar-refractivity contribution < 1.29 is 14.8 Å². The normalized spacial score (nSPS) is 12.4. The molecule has 0 aromatic heterocycles. The molecule has 1 aromatic carbocycles. The van der Waals surface area contributed by atoms with Crippen LogP contribution in [0.3, 0.4) is 0 Å². The maximum Gasteiger partial charge on any atom is 0.316 e. The molecule has 0 aliphatic heterocycles. The lowest BCUT2D eigenvalue weighted by atomic mass is 10.1. The summed E-state index contributed by atoms with van der Waals surface area (Å²) in [5.74, 6) is -0.372. The first kappa shape index (κ1) is 14.5. The average Bonchev–Trinajstić information content (AvgIpc) is 2.28. The van der Waals surface area contributed by atoms with Gasteiger partial charge in [-0.25, -0.2) is 0 Å². The van der Waals surface area contributed by atoms with Gasteiger partial charge in [0.1, 0.15) is 5.25 Å². The number of benzene rings is 1. The summed E-state index contributed by atoms with van der Waals surface area (Å²) < 4.78 is 0. The number of thioether (sulfide) groups is 1. The van der Waals surface area contributed by atoms with Gasteiger partial charge in [-0.2, -0.15) is 0 Å². The number of nitro benzene ring substituents is 1. The average molecular weight is 269 g/mol. The van der Waals surface area contributed by atoms with E-state index in [1.54, 1.807) is 12.1 Å². The highest BCUT2D eigenvalue weighted by molar-refractivity contribution is 7.99. The predicted octanol–water partition coefficient (Wildman–Crippen LogP) is 2.94. The topological polar surface area (TPSA) is 80.4 Å². The number of nitro groups is 1. The Morgan fingerprint density at radius 3 is 2.67 bits per heavy atom. The van der Waals surface area contributed by atoms with Crippen LogP contribution in [0.5, 0.6) is 0 Å². The van der Waals surface area contributed by atoms with E-state index in [-0.39, 0.29) is 11.6 Å². The van der Waals surface area contributed by atoms with Gasteiger partial charge in [0.05, 0.1) is 4.92 Å². The SMILES string of the molecule is CC(C)C(SCc1cccc([N+](=O)[O-])c1)C(=O)O. The molecular formula is C12H15NO4S. The van der Waals surface area contributed by atoms with E-state index < -0.39 is 16.1 Å². The summed E-state index contributed by atoms with van der Waals surface area (Å²) in [6.07, 6.45) is 0. The highest BCUT2D eigenvalue weighted by Crippen LogP contribution is 2.25. The van der Waals surface area contributed by atoms with E-state index in [1.165, 1.54) is 23.9 Å². The lowest BCUT2D eigenvalue weighted by Gasteiger charge is -2.15. The van der Waals surface area contributed by atoms with Crippen LogP contribution in [0.1, 0.15) is 19.4 Å². The third kappa shape index (κ3) is 4.03. The second-order valence-electron chi connectivity index (χ2n) is 4.24. The van der Waals surface area contributed by atoms with E-state index >= 15 is 0 Å². The van der Waals surface area contributed by atoms with Crippen LogP contribution in [0.25, 0.3) is 0 Å². The molecule has 1 rings (SSSR count). The van der Waals surface area contributed by atoms with Gasteiger partial charge in [0.25, 0.3) is 5.69 Å². The smallest absolute Gasteiger partial charge is 0.316 e. The van der Waals surface area contributed by atoms with Crippen LogP contribution in [-0.4, -0.2) is 21.2 Å². The number of carboxylic acids is 1. The molecule has 0 saturated heterocycles. The largest absolute Gasteiger partial charge is 0.480 e. The molecule has 1 N–H and O–H groups in total. The lowest BCUT2D eigenvalue weighted by Crippen LogP contribution is -2.22. The number of non-ortho nitro benzene ring substituents is 1. The Balaban J connectivity index is 2.70. The first-order valence-corrected chi connectivity index (χ1v) is 6.54. The van der Waals surface area contributed by atoms with Crippen LogP contribution in [-0.2, 0) is 10.5 Å². The Labute approximate surface area is 109 Å². The van der Waals surface area contributed by atoms with E-state index in [2.05, 4.69) is 0 Å². The quantitative estimate of drug-likeness (QED) is 0.634. The minimum absolute atomic E-state index is 0.0196. The lowest BCUT2D eigenvalue weighted by molar-refractivity contribution is -0.384. The van der Waals surface area contributed by atoms with E-state index in [0.717, 1.165) is 5.56 Å². The molecular weight excluding hydrogens is 254 g/mol. The molecule has 0 fully saturated rings. The zero-order valence-electron chi connectivity index (χ0n) is 10.2. The number of nitrogens with zero attached hydrogens (tertiary/aromatic N) is 1. The van der Waals surface area contributed by atoms with Crippen molar-refractivity contribution in [3.63, 3.8) is 0 Å². The van der Waals surface area contributed by atoms with Crippen molar-refractivity contribution in [1.29, 1.82) is 0 Å². The van der Waals surface area contributed by atoms with Crippen molar-refractivity contribution in [3.8, 4) is 0 Å². The van der Waals surface area contributed by atoms with Crippen molar-refractivity contribution in [2.45, 2.75) is 24.9 Å². The molecule has 0 amide bonds. The molecule has 18 heavy (non-hydrogen) atoms. The molecule has 0 saturated carbocycles. The second-order valence-corrected chi connectivity index (χ2v) is 5.37. The van der Waals surface area contributed by atoms with Crippen molar-refractivity contribution >= 4 is 23.4 Å². The standard InChI is InChI=1S/C12H15NO4S/c1-8(2)11(12(14)15)18-7-9-4-3-5-10(6-9)13(16)17/h3-6,8,11H,7H2,1-2H3,(H,14,15). The van der Waals surface area contributed by atoms with Gasteiger partial charge in [-0.15, -0.1) is 11.8 Å². The first-order chi connectivity index (χ1) is 8.41. The van der Waals surface area contributed by atoms with Gasteiger partial charge in [-0.1, -0.05) is 26.0 Å². The summed E-state index contributed by atoms with van der Waals surface area (Å²) in [6, 6.07) is 6.27. The fourth-order valence-electron chi connectivity index (χ4n) is 1.49. The molecule has 1 atom stereocenters.